The molecule has 0 aliphatic heterocycles. The van der Waals surface area contributed by atoms with Crippen LogP contribution in [0, 0.1) is 17.7 Å². The van der Waals surface area contributed by atoms with Gasteiger partial charge in [0.1, 0.15) is 0 Å². The predicted molar refractivity (Wildman–Crippen MR) is 72.5 cm³/mol. The summed E-state index contributed by atoms with van der Waals surface area (Å²) in [6.07, 6.45) is 6.79. The summed E-state index contributed by atoms with van der Waals surface area (Å²) < 4.78 is 11.3. The molecule has 1 rings (SSSR count). The molecule has 0 amide bonds. The number of hydrogen-bond donors (Lipinski definition) is 0. The maximum atomic E-state index is 5.66. The molecular formula is C14H25BO2. The quantitative estimate of drug-likeness (QED) is 0.549. The zero-order valence-corrected chi connectivity index (χ0v) is 11.7. The molecule has 1 aliphatic carbocycles. The van der Waals surface area contributed by atoms with Crippen molar-refractivity contribution in [3.05, 3.63) is 0 Å². The zero-order chi connectivity index (χ0) is 12.7. The molecule has 3 heteroatoms. The van der Waals surface area contributed by atoms with Gasteiger partial charge < -0.3 is 9.31 Å². The molecule has 1 aliphatic rings. The predicted octanol–water partition coefficient (Wildman–Crippen LogP) is 3.45. The Labute approximate surface area is 107 Å². The van der Waals surface area contributed by atoms with Crippen LogP contribution >= 0.6 is 0 Å². The fourth-order valence-electron chi connectivity index (χ4n) is 2.03. The second kappa shape index (κ2) is 7.79. The lowest BCUT2D eigenvalue weighted by Gasteiger charge is -2.17. The summed E-state index contributed by atoms with van der Waals surface area (Å²) in [4.78, 5) is 0. The van der Waals surface area contributed by atoms with Crippen molar-refractivity contribution >= 4 is 7.12 Å². The first kappa shape index (κ1) is 14.6. The van der Waals surface area contributed by atoms with Crippen molar-refractivity contribution in [2.75, 3.05) is 0 Å². The maximum Gasteiger partial charge on any atom is 0.550 e. The highest BCUT2D eigenvalue weighted by molar-refractivity contribution is 6.54. The van der Waals surface area contributed by atoms with Gasteiger partial charge in [-0.2, -0.15) is 0 Å². The molecular weight excluding hydrogens is 211 g/mol. The molecule has 96 valence electrons. The molecule has 2 nitrogen and oxygen atoms in total. The fraction of sp³-hybridized carbons (Fsp3) is 0.857. The molecule has 17 heavy (non-hydrogen) atoms. The average molecular weight is 236 g/mol. The highest BCUT2D eigenvalue weighted by Gasteiger charge is 2.19. The number of hydrogen-bond acceptors (Lipinski definition) is 2. The summed E-state index contributed by atoms with van der Waals surface area (Å²) in [6, 6.07) is 0. The third kappa shape index (κ3) is 6.76. The lowest BCUT2D eigenvalue weighted by Crippen LogP contribution is -2.28. The first-order valence-corrected chi connectivity index (χ1v) is 6.90. The van der Waals surface area contributed by atoms with Gasteiger partial charge in [-0.1, -0.05) is 25.1 Å². The molecule has 0 aromatic heterocycles. The van der Waals surface area contributed by atoms with Crippen molar-refractivity contribution < 1.29 is 9.31 Å². The standard InChI is InChI=1S/C14H25BO2/c1-12(2)16-15(17-13(3)4)11-10-14-8-6-5-7-9-14/h12-14H,5-9H2,1-4H3. The Morgan fingerprint density at radius 3 is 1.94 bits per heavy atom. The van der Waals surface area contributed by atoms with Gasteiger partial charge in [-0.25, -0.2) is 0 Å². The minimum atomic E-state index is -0.364. The van der Waals surface area contributed by atoms with E-state index in [2.05, 4.69) is 11.7 Å². The molecule has 0 spiro atoms. The normalized spacial score (nSPS) is 17.1. The van der Waals surface area contributed by atoms with E-state index < -0.39 is 0 Å². The van der Waals surface area contributed by atoms with Crippen LogP contribution in [0.4, 0.5) is 0 Å². The Bertz CT molecular complexity index is 249. The van der Waals surface area contributed by atoms with Gasteiger partial charge in [0, 0.05) is 18.1 Å². The SMILES string of the molecule is CC(C)OB(C#CC1CCCCC1)OC(C)C. The summed E-state index contributed by atoms with van der Waals surface area (Å²) in [5, 5.41) is 0. The second-order valence-corrected chi connectivity index (χ2v) is 5.33. The minimum Gasteiger partial charge on any atom is -0.398 e. The Hall–Kier alpha value is -0.455. The monoisotopic (exact) mass is 236 g/mol. The van der Waals surface area contributed by atoms with Crippen LogP contribution in [0.2, 0.25) is 0 Å². The van der Waals surface area contributed by atoms with Crippen molar-refractivity contribution in [2.45, 2.75) is 72.0 Å². The fourth-order valence-corrected chi connectivity index (χ4v) is 2.03. The molecule has 1 fully saturated rings. The Kier molecular flexibility index (Phi) is 6.69. The van der Waals surface area contributed by atoms with E-state index in [9.17, 15) is 0 Å². The van der Waals surface area contributed by atoms with Gasteiger partial charge in [0.05, 0.1) is 0 Å². The van der Waals surface area contributed by atoms with Crippen LogP contribution in [0.25, 0.3) is 0 Å². The molecule has 0 saturated heterocycles. The van der Waals surface area contributed by atoms with Crippen LogP contribution in [0.1, 0.15) is 59.8 Å². The minimum absolute atomic E-state index is 0.152. The van der Waals surface area contributed by atoms with E-state index >= 15 is 0 Å². The van der Waals surface area contributed by atoms with E-state index in [1.165, 1.54) is 32.1 Å². The lowest BCUT2D eigenvalue weighted by atomic mass is 9.85. The lowest BCUT2D eigenvalue weighted by molar-refractivity contribution is 0.140. The van der Waals surface area contributed by atoms with Gasteiger partial charge in [0.25, 0.3) is 0 Å². The Morgan fingerprint density at radius 1 is 0.941 bits per heavy atom. The van der Waals surface area contributed by atoms with Crippen LogP contribution in [-0.4, -0.2) is 19.3 Å². The molecule has 1 saturated carbocycles. The summed E-state index contributed by atoms with van der Waals surface area (Å²) in [6.45, 7) is 8.05. The number of rotatable bonds is 4. The molecule has 0 atom stereocenters. The third-order valence-electron chi connectivity index (χ3n) is 2.80. The van der Waals surface area contributed by atoms with E-state index in [-0.39, 0.29) is 19.3 Å². The topological polar surface area (TPSA) is 18.5 Å². The van der Waals surface area contributed by atoms with Gasteiger partial charge in [0.2, 0.25) is 0 Å². The molecule has 0 aromatic rings. The summed E-state index contributed by atoms with van der Waals surface area (Å²) in [7, 11) is -0.364. The largest absolute Gasteiger partial charge is 0.550 e. The molecule has 0 N–H and O–H groups in total. The molecule has 0 heterocycles. The summed E-state index contributed by atoms with van der Waals surface area (Å²) in [5.41, 5.74) is 0. The van der Waals surface area contributed by atoms with Gasteiger partial charge in [-0.05, 0) is 40.5 Å². The maximum absolute atomic E-state index is 5.66. The van der Waals surface area contributed by atoms with Crippen LogP contribution < -0.4 is 0 Å². The Balaban J connectivity index is 2.48. The van der Waals surface area contributed by atoms with E-state index in [1.54, 1.807) is 0 Å². The van der Waals surface area contributed by atoms with E-state index in [0.29, 0.717) is 5.92 Å². The van der Waals surface area contributed by atoms with E-state index in [0.717, 1.165) is 0 Å². The van der Waals surface area contributed by atoms with Crippen LogP contribution in [-0.2, 0) is 9.31 Å². The van der Waals surface area contributed by atoms with Gasteiger partial charge in [-0.15, -0.1) is 5.92 Å². The smallest absolute Gasteiger partial charge is 0.398 e. The van der Waals surface area contributed by atoms with Gasteiger partial charge in [0.15, 0.2) is 0 Å². The zero-order valence-electron chi connectivity index (χ0n) is 11.7. The summed E-state index contributed by atoms with van der Waals surface area (Å²) >= 11 is 0. The Morgan fingerprint density at radius 2 is 1.47 bits per heavy atom. The van der Waals surface area contributed by atoms with Crippen LogP contribution in [0.15, 0.2) is 0 Å². The molecule has 0 unspecified atom stereocenters. The van der Waals surface area contributed by atoms with Gasteiger partial charge >= 0.3 is 7.12 Å². The first-order valence-electron chi connectivity index (χ1n) is 6.90. The van der Waals surface area contributed by atoms with Crippen molar-refractivity contribution in [1.29, 1.82) is 0 Å². The second-order valence-electron chi connectivity index (χ2n) is 5.33. The van der Waals surface area contributed by atoms with Crippen molar-refractivity contribution in [3.63, 3.8) is 0 Å². The highest BCUT2D eigenvalue weighted by atomic mass is 16.6. The van der Waals surface area contributed by atoms with Crippen molar-refractivity contribution in [2.24, 2.45) is 5.92 Å². The van der Waals surface area contributed by atoms with Crippen LogP contribution in [0.3, 0.4) is 0 Å². The van der Waals surface area contributed by atoms with Crippen molar-refractivity contribution in [3.8, 4) is 11.7 Å². The highest BCUT2D eigenvalue weighted by Crippen LogP contribution is 2.22. The van der Waals surface area contributed by atoms with Gasteiger partial charge in [-0.3, -0.25) is 0 Å². The van der Waals surface area contributed by atoms with E-state index in [1.807, 2.05) is 27.7 Å². The average Bonchev–Trinajstić information content (AvgIpc) is 2.26. The first-order chi connectivity index (χ1) is 8.08. The summed E-state index contributed by atoms with van der Waals surface area (Å²) in [5.74, 6) is 7.04. The van der Waals surface area contributed by atoms with Crippen molar-refractivity contribution in [1.82, 2.24) is 0 Å². The van der Waals surface area contributed by atoms with E-state index in [4.69, 9.17) is 9.31 Å². The molecule has 0 bridgehead atoms. The van der Waals surface area contributed by atoms with Crippen LogP contribution in [0.5, 0.6) is 0 Å². The molecule has 0 aromatic carbocycles. The third-order valence-corrected chi connectivity index (χ3v) is 2.80. The molecule has 0 radical (unpaired) electrons.